The summed E-state index contributed by atoms with van der Waals surface area (Å²) in [5.41, 5.74) is 3.86. The number of aliphatic hydroxyl groups is 1. The molecule has 2 aromatic rings. The molecule has 0 bridgehead atoms. The first-order chi connectivity index (χ1) is 12.8. The number of carboxylic acid groups (broad SMARTS) is 1. The summed E-state index contributed by atoms with van der Waals surface area (Å²) in [5.74, 6) is -2.10. The Bertz CT molecular complexity index is 959. The summed E-state index contributed by atoms with van der Waals surface area (Å²) in [7, 11) is 0. The molecule has 2 heterocycles. The van der Waals surface area contributed by atoms with Gasteiger partial charge in [-0.3, -0.25) is 4.79 Å². The van der Waals surface area contributed by atoms with Gasteiger partial charge in [-0.2, -0.15) is 0 Å². The maximum Gasteiger partial charge on any atom is 0.421 e. The van der Waals surface area contributed by atoms with Crippen molar-refractivity contribution in [2.24, 2.45) is 0 Å². The third-order valence-electron chi connectivity index (χ3n) is 4.18. The molecule has 1 aliphatic heterocycles. The van der Waals surface area contributed by atoms with Crippen molar-refractivity contribution in [1.82, 2.24) is 4.98 Å². The highest BCUT2D eigenvalue weighted by Gasteiger charge is 2.38. The number of H-pyrrole nitrogens is 1. The molecule has 0 radical (unpaired) electrons. The number of ether oxygens (including phenoxy) is 1. The topological polar surface area (TPSA) is 120 Å². The maximum atomic E-state index is 12.9. The summed E-state index contributed by atoms with van der Waals surface area (Å²) in [6, 6.07) is 8.66. The van der Waals surface area contributed by atoms with E-state index >= 15 is 0 Å². The van der Waals surface area contributed by atoms with Gasteiger partial charge in [0.2, 0.25) is 0 Å². The number of carbonyl (C=O) groups is 3. The van der Waals surface area contributed by atoms with E-state index in [2.05, 4.69) is 4.98 Å². The van der Waals surface area contributed by atoms with Crippen molar-refractivity contribution in [2.45, 2.75) is 20.0 Å². The molecule has 2 amide bonds. The second-order valence-corrected chi connectivity index (χ2v) is 6.20. The fourth-order valence-electron chi connectivity index (χ4n) is 2.89. The minimum atomic E-state index is -1.86. The molecule has 3 rings (SSSR count). The van der Waals surface area contributed by atoms with Gasteiger partial charge < -0.3 is 19.9 Å². The summed E-state index contributed by atoms with van der Waals surface area (Å²) >= 11 is 0. The number of aliphatic carboxylic acids is 1. The Morgan fingerprint density at radius 3 is 2.63 bits per heavy atom. The average molecular weight is 370 g/mol. The zero-order valence-corrected chi connectivity index (χ0v) is 14.7. The number of aryl methyl sites for hydroxylation is 2. The van der Waals surface area contributed by atoms with Crippen LogP contribution in [0.2, 0.25) is 0 Å². The van der Waals surface area contributed by atoms with E-state index in [9.17, 15) is 19.5 Å². The van der Waals surface area contributed by atoms with Crippen LogP contribution in [0.4, 0.5) is 10.5 Å². The number of hydrogen-bond donors (Lipinski definition) is 3. The van der Waals surface area contributed by atoms with Crippen LogP contribution in [0.3, 0.4) is 0 Å². The predicted octanol–water partition coefficient (Wildman–Crippen LogP) is 2.10. The monoisotopic (exact) mass is 370 g/mol. The largest absolute Gasteiger partial charge is 0.479 e. The molecule has 1 aromatic carbocycles. The fourth-order valence-corrected chi connectivity index (χ4v) is 2.89. The van der Waals surface area contributed by atoms with Crippen LogP contribution in [0.25, 0.3) is 11.6 Å². The number of amides is 2. The van der Waals surface area contributed by atoms with Crippen LogP contribution in [-0.4, -0.2) is 45.9 Å². The molecule has 1 unspecified atom stereocenters. The van der Waals surface area contributed by atoms with Gasteiger partial charge in [0.15, 0.2) is 6.10 Å². The molecule has 0 aliphatic carbocycles. The number of anilines is 1. The number of carboxylic acids is 1. The van der Waals surface area contributed by atoms with Gasteiger partial charge >= 0.3 is 12.1 Å². The lowest BCUT2D eigenvalue weighted by Crippen LogP contribution is -2.37. The van der Waals surface area contributed by atoms with E-state index in [0.29, 0.717) is 16.8 Å². The van der Waals surface area contributed by atoms with Crippen LogP contribution < -0.4 is 4.90 Å². The number of nitrogens with one attached hydrogen (secondary N) is 1. The smallest absolute Gasteiger partial charge is 0.421 e. The molecule has 1 aliphatic rings. The first-order valence-corrected chi connectivity index (χ1v) is 8.19. The Hall–Kier alpha value is -3.39. The van der Waals surface area contributed by atoms with Gasteiger partial charge in [-0.15, -0.1) is 0 Å². The summed E-state index contributed by atoms with van der Waals surface area (Å²) < 4.78 is 4.80. The molecule has 8 heteroatoms. The van der Waals surface area contributed by atoms with Gasteiger partial charge in [0.1, 0.15) is 6.61 Å². The van der Waals surface area contributed by atoms with Crippen LogP contribution in [0.5, 0.6) is 0 Å². The molecule has 0 saturated carbocycles. The van der Waals surface area contributed by atoms with Crippen molar-refractivity contribution < 1.29 is 29.3 Å². The van der Waals surface area contributed by atoms with E-state index in [1.165, 1.54) is 0 Å². The summed E-state index contributed by atoms with van der Waals surface area (Å²) in [6.07, 6.45) is -1.24. The molecule has 1 atom stereocenters. The van der Waals surface area contributed by atoms with E-state index in [0.717, 1.165) is 21.9 Å². The fraction of sp³-hybridized carbons (Fsp3) is 0.211. The standard InChI is InChI=1S/C19H18N2O6/c1-10-7-11(2)20-14(10)8-13-12-5-3-4-6-15(12)21(17(13)23)19(26)27-9-16(22)18(24)25/h3-8,16,20,22H,9H2,1-2H3,(H,24,25). The Morgan fingerprint density at radius 2 is 2.00 bits per heavy atom. The first-order valence-electron chi connectivity index (χ1n) is 8.19. The highest BCUT2D eigenvalue weighted by Crippen LogP contribution is 2.38. The molecule has 8 nitrogen and oxygen atoms in total. The van der Waals surface area contributed by atoms with Crippen molar-refractivity contribution in [3.8, 4) is 0 Å². The third-order valence-corrected chi connectivity index (χ3v) is 4.18. The summed E-state index contributed by atoms with van der Waals surface area (Å²) in [6.45, 7) is 3.05. The maximum absolute atomic E-state index is 12.9. The van der Waals surface area contributed by atoms with E-state index in [4.69, 9.17) is 9.84 Å². The number of fused-ring (bicyclic) bond motifs is 1. The predicted molar refractivity (Wildman–Crippen MR) is 97.1 cm³/mol. The molecule has 0 fully saturated rings. The number of aliphatic hydroxyl groups excluding tert-OH is 1. The molecule has 27 heavy (non-hydrogen) atoms. The van der Waals surface area contributed by atoms with Crippen molar-refractivity contribution >= 4 is 35.3 Å². The van der Waals surface area contributed by atoms with Gasteiger partial charge in [-0.1, -0.05) is 18.2 Å². The highest BCUT2D eigenvalue weighted by molar-refractivity contribution is 6.41. The van der Waals surface area contributed by atoms with Crippen LogP contribution in [0, 0.1) is 13.8 Å². The van der Waals surface area contributed by atoms with Crippen LogP contribution in [0.1, 0.15) is 22.5 Å². The second kappa shape index (κ2) is 7.08. The van der Waals surface area contributed by atoms with Crippen molar-refractivity contribution in [3.63, 3.8) is 0 Å². The Kier molecular flexibility index (Phi) is 4.83. The van der Waals surface area contributed by atoms with Crippen LogP contribution in [-0.2, 0) is 14.3 Å². The van der Waals surface area contributed by atoms with E-state index in [1.54, 1.807) is 30.3 Å². The zero-order chi connectivity index (χ0) is 19.7. The van der Waals surface area contributed by atoms with Gasteiger partial charge in [0.05, 0.1) is 11.3 Å². The SMILES string of the molecule is Cc1cc(C)c(C=C2C(=O)N(C(=O)OCC(O)C(=O)O)c3ccccc32)[nH]1. The number of hydrogen-bond acceptors (Lipinski definition) is 5. The Labute approximate surface area is 154 Å². The number of imide groups is 1. The molecule has 140 valence electrons. The minimum absolute atomic E-state index is 0.311. The van der Waals surface area contributed by atoms with Crippen molar-refractivity contribution in [3.05, 3.63) is 52.8 Å². The third kappa shape index (κ3) is 3.47. The van der Waals surface area contributed by atoms with Gasteiger partial charge in [0, 0.05) is 17.0 Å². The van der Waals surface area contributed by atoms with Crippen LogP contribution >= 0.6 is 0 Å². The average Bonchev–Trinajstić information content (AvgIpc) is 3.09. The molecular weight excluding hydrogens is 352 g/mol. The number of aromatic nitrogens is 1. The zero-order valence-electron chi connectivity index (χ0n) is 14.7. The molecular formula is C19H18N2O6. The van der Waals surface area contributed by atoms with Crippen molar-refractivity contribution in [1.29, 1.82) is 0 Å². The number of aromatic amines is 1. The number of nitrogens with zero attached hydrogens (tertiary/aromatic N) is 1. The highest BCUT2D eigenvalue weighted by atomic mass is 16.6. The number of rotatable bonds is 4. The van der Waals surface area contributed by atoms with Gasteiger partial charge in [-0.25, -0.2) is 14.5 Å². The summed E-state index contributed by atoms with van der Waals surface area (Å²) in [4.78, 5) is 39.9. The quantitative estimate of drug-likeness (QED) is 0.709. The number of benzene rings is 1. The lowest BCUT2D eigenvalue weighted by molar-refractivity contribution is -0.148. The molecule has 3 N–H and O–H groups in total. The van der Waals surface area contributed by atoms with Crippen molar-refractivity contribution in [2.75, 3.05) is 11.5 Å². The summed E-state index contributed by atoms with van der Waals surface area (Å²) in [5, 5.41) is 17.9. The van der Waals surface area contributed by atoms with E-state index in [-0.39, 0.29) is 0 Å². The normalized spacial score (nSPS) is 15.7. The number of para-hydroxylation sites is 1. The number of carbonyl (C=O) groups excluding carboxylic acids is 2. The van der Waals surface area contributed by atoms with E-state index in [1.807, 2.05) is 19.9 Å². The second-order valence-electron chi connectivity index (χ2n) is 6.20. The Morgan fingerprint density at radius 1 is 1.30 bits per heavy atom. The molecule has 0 saturated heterocycles. The first kappa shape index (κ1) is 18.4. The Balaban J connectivity index is 1.94. The van der Waals surface area contributed by atoms with Crippen LogP contribution in [0.15, 0.2) is 30.3 Å². The lowest BCUT2D eigenvalue weighted by atomic mass is 10.1. The lowest BCUT2D eigenvalue weighted by Gasteiger charge is -2.15. The van der Waals surface area contributed by atoms with E-state index < -0.39 is 30.7 Å². The molecule has 1 aromatic heterocycles. The van der Waals surface area contributed by atoms with Gasteiger partial charge in [0.25, 0.3) is 5.91 Å². The molecule has 0 spiro atoms. The van der Waals surface area contributed by atoms with Gasteiger partial charge in [-0.05, 0) is 37.6 Å². The minimum Gasteiger partial charge on any atom is -0.479 e.